The average Bonchev–Trinajstić information content (AvgIpc) is 3.09. The van der Waals surface area contributed by atoms with Gasteiger partial charge in [0.2, 0.25) is 5.78 Å². The van der Waals surface area contributed by atoms with Gasteiger partial charge in [-0.1, -0.05) is 47.5 Å². The Balaban J connectivity index is 1.35. The molecule has 0 saturated heterocycles. The van der Waals surface area contributed by atoms with Gasteiger partial charge in [0, 0.05) is 11.6 Å². The Kier molecular flexibility index (Phi) is 5.41. The van der Waals surface area contributed by atoms with Gasteiger partial charge in [0.25, 0.3) is 0 Å². The summed E-state index contributed by atoms with van der Waals surface area (Å²) in [5.41, 5.74) is 3.23. The lowest BCUT2D eigenvalue weighted by Gasteiger charge is -2.22. The van der Waals surface area contributed by atoms with Crippen molar-refractivity contribution >= 4 is 35.1 Å². The number of carbonyl (C=O) groups is 1. The van der Waals surface area contributed by atoms with Crippen molar-refractivity contribution in [2.24, 2.45) is 0 Å². The van der Waals surface area contributed by atoms with Crippen molar-refractivity contribution in [3.8, 4) is 17.2 Å². The maximum atomic E-state index is 12.9. The summed E-state index contributed by atoms with van der Waals surface area (Å²) < 4.78 is 17.7. The number of hydrogen-bond acceptors (Lipinski definition) is 4. The number of ketones is 1. The second kappa shape index (κ2) is 8.38. The minimum absolute atomic E-state index is 0.164. The second-order valence-corrected chi connectivity index (χ2v) is 8.39. The summed E-state index contributed by atoms with van der Waals surface area (Å²) in [6.07, 6.45) is 3.57. The van der Waals surface area contributed by atoms with Gasteiger partial charge in [-0.3, -0.25) is 4.79 Å². The van der Waals surface area contributed by atoms with Crippen molar-refractivity contribution in [2.45, 2.75) is 19.6 Å². The first-order valence-electron chi connectivity index (χ1n) is 10.1. The molecule has 2 aliphatic heterocycles. The van der Waals surface area contributed by atoms with E-state index in [0.717, 1.165) is 22.4 Å². The Labute approximate surface area is 195 Å². The summed E-state index contributed by atoms with van der Waals surface area (Å²) in [5.74, 6) is 1.99. The topological polar surface area (TPSA) is 44.8 Å². The molecule has 0 amide bonds. The van der Waals surface area contributed by atoms with Crippen molar-refractivity contribution in [2.75, 3.05) is 0 Å². The van der Waals surface area contributed by atoms with Crippen molar-refractivity contribution < 1.29 is 19.0 Å². The van der Waals surface area contributed by atoms with Crippen LogP contribution in [-0.2, 0) is 6.61 Å². The molecule has 0 fully saturated rings. The van der Waals surface area contributed by atoms with Crippen LogP contribution in [0.4, 0.5) is 0 Å². The molecule has 2 heterocycles. The van der Waals surface area contributed by atoms with Gasteiger partial charge in [-0.2, -0.15) is 0 Å². The highest BCUT2D eigenvalue weighted by atomic mass is 35.5. The molecule has 0 saturated carbocycles. The normalized spacial score (nSPS) is 17.8. The SMILES string of the molecule is CC1Oc2ccccc2C=C1C=C1Oc2cc(OCc3ccc(Cl)c(Cl)c3)ccc2C1=O. The predicted molar refractivity (Wildman–Crippen MR) is 125 cm³/mol. The van der Waals surface area contributed by atoms with E-state index in [-0.39, 0.29) is 17.6 Å². The standard InChI is InChI=1S/C26H18Cl2O4/c1-15-18(11-17-4-2-3-5-23(17)31-15)12-25-26(29)20-8-7-19(13-24(20)32-25)30-14-16-6-9-21(27)22(28)10-16/h2-13,15H,14H2,1H3. The first-order valence-corrected chi connectivity index (χ1v) is 10.9. The summed E-state index contributed by atoms with van der Waals surface area (Å²) in [4.78, 5) is 12.9. The van der Waals surface area contributed by atoms with Crippen molar-refractivity contribution in [1.82, 2.24) is 0 Å². The average molecular weight is 465 g/mol. The Morgan fingerprint density at radius 3 is 2.69 bits per heavy atom. The van der Waals surface area contributed by atoms with Gasteiger partial charge in [0.1, 0.15) is 30.0 Å². The Morgan fingerprint density at radius 1 is 1.00 bits per heavy atom. The number of benzene rings is 3. The zero-order chi connectivity index (χ0) is 22.2. The Morgan fingerprint density at radius 2 is 1.84 bits per heavy atom. The zero-order valence-corrected chi connectivity index (χ0v) is 18.6. The molecule has 0 aromatic heterocycles. The number of ether oxygens (including phenoxy) is 3. The molecule has 0 spiro atoms. The van der Waals surface area contributed by atoms with E-state index in [4.69, 9.17) is 37.4 Å². The molecule has 0 N–H and O–H groups in total. The number of para-hydroxylation sites is 1. The summed E-state index contributed by atoms with van der Waals surface area (Å²) >= 11 is 12.0. The lowest BCUT2D eigenvalue weighted by molar-refractivity contribution is 0.101. The monoisotopic (exact) mass is 464 g/mol. The van der Waals surface area contributed by atoms with Crippen molar-refractivity contribution in [3.63, 3.8) is 0 Å². The molecule has 4 nitrogen and oxygen atoms in total. The fourth-order valence-electron chi connectivity index (χ4n) is 3.63. The van der Waals surface area contributed by atoms with E-state index in [1.807, 2.05) is 43.3 Å². The van der Waals surface area contributed by atoms with Crippen LogP contribution in [0.5, 0.6) is 17.2 Å². The molecule has 1 unspecified atom stereocenters. The lowest BCUT2D eigenvalue weighted by atomic mass is 10.0. The summed E-state index contributed by atoms with van der Waals surface area (Å²) in [6, 6.07) is 18.3. The number of carbonyl (C=O) groups excluding carboxylic acids is 1. The van der Waals surface area contributed by atoms with Gasteiger partial charge in [-0.05, 0) is 60.5 Å². The van der Waals surface area contributed by atoms with Crippen molar-refractivity contribution in [1.29, 1.82) is 0 Å². The third-order valence-electron chi connectivity index (χ3n) is 5.34. The molecule has 0 bridgehead atoms. The van der Waals surface area contributed by atoms with E-state index in [0.29, 0.717) is 33.7 Å². The highest BCUT2D eigenvalue weighted by molar-refractivity contribution is 6.42. The molecule has 5 rings (SSSR count). The minimum Gasteiger partial charge on any atom is -0.489 e. The third-order valence-corrected chi connectivity index (χ3v) is 6.08. The smallest absolute Gasteiger partial charge is 0.231 e. The highest BCUT2D eigenvalue weighted by Gasteiger charge is 2.29. The van der Waals surface area contributed by atoms with Gasteiger partial charge >= 0.3 is 0 Å². The number of halogens is 2. The maximum absolute atomic E-state index is 12.9. The van der Waals surface area contributed by atoms with E-state index in [1.165, 1.54) is 0 Å². The Bertz CT molecular complexity index is 1290. The molecule has 32 heavy (non-hydrogen) atoms. The summed E-state index contributed by atoms with van der Waals surface area (Å²) in [6.45, 7) is 2.26. The van der Waals surface area contributed by atoms with Crippen LogP contribution in [-0.4, -0.2) is 11.9 Å². The molecular weight excluding hydrogens is 447 g/mol. The van der Waals surface area contributed by atoms with E-state index in [9.17, 15) is 4.79 Å². The number of rotatable bonds is 4. The van der Waals surface area contributed by atoms with Crippen LogP contribution >= 0.6 is 23.2 Å². The van der Waals surface area contributed by atoms with Crippen LogP contribution in [0.1, 0.15) is 28.4 Å². The minimum atomic E-state index is -0.192. The fourth-order valence-corrected chi connectivity index (χ4v) is 3.95. The van der Waals surface area contributed by atoms with E-state index in [2.05, 4.69) is 0 Å². The van der Waals surface area contributed by atoms with Crippen LogP contribution in [0.3, 0.4) is 0 Å². The molecule has 0 aliphatic carbocycles. The molecule has 2 aliphatic rings. The summed E-state index contributed by atoms with van der Waals surface area (Å²) in [7, 11) is 0. The second-order valence-electron chi connectivity index (χ2n) is 7.58. The molecule has 3 aromatic carbocycles. The number of hydrogen-bond donors (Lipinski definition) is 0. The molecule has 160 valence electrons. The van der Waals surface area contributed by atoms with Crippen LogP contribution in [0, 0.1) is 0 Å². The van der Waals surface area contributed by atoms with Crippen LogP contribution in [0.15, 0.2) is 78.1 Å². The van der Waals surface area contributed by atoms with Crippen LogP contribution in [0.2, 0.25) is 10.0 Å². The number of allylic oxidation sites excluding steroid dienone is 1. The van der Waals surface area contributed by atoms with Gasteiger partial charge in [-0.25, -0.2) is 0 Å². The van der Waals surface area contributed by atoms with E-state index < -0.39 is 0 Å². The molecule has 3 aromatic rings. The fraction of sp³-hybridized carbons (Fsp3) is 0.115. The van der Waals surface area contributed by atoms with Gasteiger partial charge in [0.15, 0.2) is 5.76 Å². The summed E-state index contributed by atoms with van der Waals surface area (Å²) in [5, 5.41) is 0.971. The predicted octanol–water partition coefficient (Wildman–Crippen LogP) is 6.90. The Hall–Kier alpha value is -3.21. The number of fused-ring (bicyclic) bond motifs is 2. The van der Waals surface area contributed by atoms with E-state index in [1.54, 1.807) is 36.4 Å². The molecule has 0 radical (unpaired) electrons. The van der Waals surface area contributed by atoms with Gasteiger partial charge in [0.05, 0.1) is 15.6 Å². The molecule has 1 atom stereocenters. The quantitative estimate of drug-likeness (QED) is 0.394. The van der Waals surface area contributed by atoms with E-state index >= 15 is 0 Å². The lowest BCUT2D eigenvalue weighted by Crippen LogP contribution is -2.18. The molecule has 6 heteroatoms. The highest BCUT2D eigenvalue weighted by Crippen LogP contribution is 2.36. The first-order chi connectivity index (χ1) is 15.5. The largest absolute Gasteiger partial charge is 0.489 e. The van der Waals surface area contributed by atoms with Gasteiger partial charge < -0.3 is 14.2 Å². The van der Waals surface area contributed by atoms with Crippen molar-refractivity contribution in [3.05, 3.63) is 105 Å². The maximum Gasteiger partial charge on any atom is 0.231 e. The third kappa shape index (κ3) is 3.99. The van der Waals surface area contributed by atoms with Gasteiger partial charge in [-0.15, -0.1) is 0 Å². The molecular formula is C26H18Cl2O4. The van der Waals surface area contributed by atoms with Crippen LogP contribution < -0.4 is 14.2 Å². The number of Topliss-reactive ketones (excluding diaryl/α,β-unsaturated/α-hetero) is 1. The van der Waals surface area contributed by atoms with Crippen LogP contribution in [0.25, 0.3) is 6.08 Å². The first kappa shape index (κ1) is 20.7. The zero-order valence-electron chi connectivity index (χ0n) is 17.1.